The Balaban J connectivity index is 2.32. The number of hydrogen-bond donors (Lipinski definition) is 1. The van der Waals surface area contributed by atoms with E-state index in [1.165, 1.54) is 25.7 Å². The van der Waals surface area contributed by atoms with Crippen molar-refractivity contribution in [3.05, 3.63) is 29.1 Å². The summed E-state index contributed by atoms with van der Waals surface area (Å²) in [5.41, 5.74) is 8.74. The van der Waals surface area contributed by atoms with Crippen molar-refractivity contribution in [1.82, 2.24) is 0 Å². The first kappa shape index (κ1) is 15.3. The van der Waals surface area contributed by atoms with Crippen LogP contribution in [0, 0.1) is 18.7 Å². The summed E-state index contributed by atoms with van der Waals surface area (Å²) in [4.78, 5) is 2.32. The fraction of sp³-hybridized carbons (Fsp3) is 0.647. The second kappa shape index (κ2) is 6.13. The summed E-state index contributed by atoms with van der Waals surface area (Å²) in [6.45, 7) is 6.06. The maximum absolute atomic E-state index is 13.8. The number of nitrogens with two attached hydrogens (primary N) is 1. The van der Waals surface area contributed by atoms with Gasteiger partial charge in [0.25, 0.3) is 0 Å². The molecule has 3 atom stereocenters. The maximum Gasteiger partial charge on any atom is 0.126 e. The molecule has 0 aromatic heterocycles. The number of aryl methyl sites for hydroxylation is 1. The second-order valence-corrected chi connectivity index (χ2v) is 6.49. The van der Waals surface area contributed by atoms with Crippen LogP contribution in [0.1, 0.15) is 56.7 Å². The summed E-state index contributed by atoms with van der Waals surface area (Å²) in [5.74, 6) is 0.614. The molecule has 2 nitrogen and oxygen atoms in total. The number of benzene rings is 1. The Bertz CT molecular complexity index is 470. The normalized spacial score (nSPS) is 24.5. The van der Waals surface area contributed by atoms with Gasteiger partial charge >= 0.3 is 0 Å². The van der Waals surface area contributed by atoms with E-state index in [-0.39, 0.29) is 11.9 Å². The molecular weight excluding hydrogens is 251 g/mol. The first-order chi connectivity index (χ1) is 9.40. The van der Waals surface area contributed by atoms with Gasteiger partial charge in [-0.15, -0.1) is 0 Å². The molecule has 1 aliphatic rings. The van der Waals surface area contributed by atoms with Crippen molar-refractivity contribution in [2.75, 3.05) is 11.9 Å². The lowest BCUT2D eigenvalue weighted by Crippen LogP contribution is -2.36. The molecule has 3 unspecified atom stereocenters. The van der Waals surface area contributed by atoms with Crippen molar-refractivity contribution < 1.29 is 4.39 Å². The maximum atomic E-state index is 13.8. The zero-order valence-electron chi connectivity index (χ0n) is 13.1. The van der Waals surface area contributed by atoms with Gasteiger partial charge in [0.15, 0.2) is 0 Å². The van der Waals surface area contributed by atoms with Gasteiger partial charge in [0.1, 0.15) is 5.82 Å². The third kappa shape index (κ3) is 3.14. The molecule has 112 valence electrons. The van der Waals surface area contributed by atoms with Crippen LogP contribution in [0.3, 0.4) is 0 Å². The number of hydrogen-bond acceptors (Lipinski definition) is 2. The molecule has 1 aliphatic carbocycles. The van der Waals surface area contributed by atoms with Gasteiger partial charge in [-0.1, -0.05) is 19.8 Å². The first-order valence-corrected chi connectivity index (χ1v) is 7.68. The molecule has 0 amide bonds. The van der Waals surface area contributed by atoms with Gasteiger partial charge in [0.05, 0.1) is 0 Å². The van der Waals surface area contributed by atoms with Crippen LogP contribution in [-0.2, 0) is 0 Å². The molecule has 1 fully saturated rings. The number of rotatable bonds is 3. The summed E-state index contributed by atoms with van der Waals surface area (Å²) < 4.78 is 13.8. The Labute approximate surface area is 122 Å². The second-order valence-electron chi connectivity index (χ2n) is 6.49. The zero-order chi connectivity index (χ0) is 14.9. The molecule has 1 aromatic rings. The summed E-state index contributed by atoms with van der Waals surface area (Å²) >= 11 is 0. The minimum Gasteiger partial charge on any atom is -0.371 e. The standard InChI is InChI=1S/C17H27FN2/c1-11-6-5-7-14(8-11)20(4)17-9-12(2)16(18)10-15(17)13(3)19/h9-11,13-14H,5-8,19H2,1-4H3. The van der Waals surface area contributed by atoms with Crippen molar-refractivity contribution in [1.29, 1.82) is 0 Å². The summed E-state index contributed by atoms with van der Waals surface area (Å²) in [6, 6.07) is 3.95. The molecule has 0 radical (unpaired) electrons. The highest BCUT2D eigenvalue weighted by Crippen LogP contribution is 2.34. The molecule has 1 saturated carbocycles. The van der Waals surface area contributed by atoms with Crippen molar-refractivity contribution in [2.24, 2.45) is 11.7 Å². The monoisotopic (exact) mass is 278 g/mol. The molecule has 0 aliphatic heterocycles. The van der Waals surface area contributed by atoms with Crippen molar-refractivity contribution in [2.45, 2.75) is 58.5 Å². The van der Waals surface area contributed by atoms with Crippen LogP contribution in [0.15, 0.2) is 12.1 Å². The average Bonchev–Trinajstić information content (AvgIpc) is 2.40. The lowest BCUT2D eigenvalue weighted by molar-refractivity contribution is 0.336. The molecule has 0 saturated heterocycles. The van der Waals surface area contributed by atoms with E-state index in [2.05, 4.69) is 18.9 Å². The third-order valence-corrected chi connectivity index (χ3v) is 4.63. The zero-order valence-corrected chi connectivity index (χ0v) is 13.1. The molecule has 20 heavy (non-hydrogen) atoms. The van der Waals surface area contributed by atoms with Gasteiger partial charge in [-0.05, 0) is 55.9 Å². The highest BCUT2D eigenvalue weighted by molar-refractivity contribution is 5.57. The van der Waals surface area contributed by atoms with Crippen molar-refractivity contribution in [3.8, 4) is 0 Å². The van der Waals surface area contributed by atoms with Gasteiger partial charge in [0, 0.05) is 24.8 Å². The topological polar surface area (TPSA) is 29.3 Å². The molecule has 2 N–H and O–H groups in total. The summed E-state index contributed by atoms with van der Waals surface area (Å²) in [7, 11) is 2.13. The SMILES string of the molecule is Cc1cc(N(C)C2CCCC(C)C2)c(C(C)N)cc1F. The van der Waals surface area contributed by atoms with Crippen LogP contribution in [-0.4, -0.2) is 13.1 Å². The predicted octanol–water partition coefficient (Wildman–Crippen LogP) is 4.17. The van der Waals surface area contributed by atoms with E-state index in [4.69, 9.17) is 5.73 Å². The Morgan fingerprint density at radius 3 is 2.65 bits per heavy atom. The predicted molar refractivity (Wildman–Crippen MR) is 83.6 cm³/mol. The Morgan fingerprint density at radius 2 is 2.05 bits per heavy atom. The van der Waals surface area contributed by atoms with Crippen molar-refractivity contribution >= 4 is 5.69 Å². The van der Waals surface area contributed by atoms with E-state index < -0.39 is 0 Å². The minimum absolute atomic E-state index is 0.149. The van der Waals surface area contributed by atoms with E-state index in [1.54, 1.807) is 6.07 Å². The van der Waals surface area contributed by atoms with E-state index >= 15 is 0 Å². The van der Waals surface area contributed by atoms with Crippen LogP contribution in [0.4, 0.5) is 10.1 Å². The van der Waals surface area contributed by atoms with Gasteiger partial charge in [0.2, 0.25) is 0 Å². The minimum atomic E-state index is -0.161. The van der Waals surface area contributed by atoms with Crippen LogP contribution in [0.2, 0.25) is 0 Å². The van der Waals surface area contributed by atoms with E-state index in [9.17, 15) is 4.39 Å². The number of nitrogens with zero attached hydrogens (tertiary/aromatic N) is 1. The lowest BCUT2D eigenvalue weighted by Gasteiger charge is -2.37. The van der Waals surface area contributed by atoms with Crippen LogP contribution in [0.5, 0.6) is 0 Å². The Morgan fingerprint density at radius 1 is 1.35 bits per heavy atom. The largest absolute Gasteiger partial charge is 0.371 e. The first-order valence-electron chi connectivity index (χ1n) is 7.68. The molecular formula is C17H27FN2. The van der Waals surface area contributed by atoms with E-state index in [1.807, 2.05) is 19.9 Å². The van der Waals surface area contributed by atoms with Gasteiger partial charge < -0.3 is 10.6 Å². The molecule has 1 aromatic carbocycles. The highest BCUT2D eigenvalue weighted by atomic mass is 19.1. The summed E-state index contributed by atoms with van der Waals surface area (Å²) in [5, 5.41) is 0. The van der Waals surface area contributed by atoms with Gasteiger partial charge in [-0.3, -0.25) is 0 Å². The van der Waals surface area contributed by atoms with Crippen molar-refractivity contribution in [3.63, 3.8) is 0 Å². The smallest absolute Gasteiger partial charge is 0.126 e. The van der Waals surface area contributed by atoms with Gasteiger partial charge in [-0.25, -0.2) is 4.39 Å². The summed E-state index contributed by atoms with van der Waals surface area (Å²) in [6.07, 6.45) is 5.04. The molecule has 2 rings (SSSR count). The molecule has 0 spiro atoms. The fourth-order valence-electron chi connectivity index (χ4n) is 3.30. The highest BCUT2D eigenvalue weighted by Gasteiger charge is 2.25. The lowest BCUT2D eigenvalue weighted by atomic mass is 9.86. The Hall–Kier alpha value is -1.09. The van der Waals surface area contributed by atoms with Gasteiger partial charge in [-0.2, -0.15) is 0 Å². The van der Waals surface area contributed by atoms with E-state index in [0.29, 0.717) is 11.6 Å². The number of anilines is 1. The molecule has 0 bridgehead atoms. The molecule has 0 heterocycles. The number of halogens is 1. The van der Waals surface area contributed by atoms with Crippen LogP contribution < -0.4 is 10.6 Å². The quantitative estimate of drug-likeness (QED) is 0.899. The Kier molecular flexibility index (Phi) is 4.69. The van der Waals surface area contributed by atoms with Crippen LogP contribution in [0.25, 0.3) is 0 Å². The van der Waals surface area contributed by atoms with Crippen LogP contribution >= 0.6 is 0 Å². The fourth-order valence-corrected chi connectivity index (χ4v) is 3.30. The van der Waals surface area contributed by atoms with E-state index in [0.717, 1.165) is 17.2 Å². The molecule has 3 heteroatoms. The third-order valence-electron chi connectivity index (χ3n) is 4.63. The average molecular weight is 278 g/mol.